The molecule has 5 aromatic rings. The fourth-order valence-corrected chi connectivity index (χ4v) is 5.54. The van der Waals surface area contributed by atoms with E-state index >= 15 is 0 Å². The smallest absolute Gasteiger partial charge is 0.159 e. The summed E-state index contributed by atoms with van der Waals surface area (Å²) in [6, 6.07) is 12.3. The minimum absolute atomic E-state index is 0. The zero-order chi connectivity index (χ0) is 23.9. The van der Waals surface area contributed by atoms with Crippen LogP contribution in [0, 0.1) is 0 Å². The van der Waals surface area contributed by atoms with Gasteiger partial charge >= 0.3 is 0 Å². The molecule has 0 saturated carbocycles. The third-order valence-corrected chi connectivity index (χ3v) is 7.29. The highest BCUT2D eigenvalue weighted by molar-refractivity contribution is 6.35. The Morgan fingerprint density at radius 2 is 1.78 bits per heavy atom. The summed E-state index contributed by atoms with van der Waals surface area (Å²) in [5, 5.41) is 12.9. The van der Waals surface area contributed by atoms with Crippen molar-refractivity contribution >= 4 is 57.5 Å². The highest BCUT2D eigenvalue weighted by atomic mass is 35.5. The van der Waals surface area contributed by atoms with Crippen LogP contribution in [0.3, 0.4) is 0 Å². The highest BCUT2D eigenvalue weighted by Gasteiger charge is 2.19. The van der Waals surface area contributed by atoms with Crippen molar-refractivity contribution in [3.63, 3.8) is 0 Å². The molecule has 36 heavy (non-hydrogen) atoms. The summed E-state index contributed by atoms with van der Waals surface area (Å²) in [5.74, 6) is 1.99. The summed E-state index contributed by atoms with van der Waals surface area (Å²) in [4.78, 5) is 12.3. The van der Waals surface area contributed by atoms with Crippen LogP contribution in [0.4, 0.5) is 0 Å². The number of imidazole rings is 1. The lowest BCUT2D eigenvalue weighted by Gasteiger charge is -2.22. The Morgan fingerprint density at radius 3 is 2.56 bits per heavy atom. The molecule has 6 rings (SSSR count). The molecule has 2 aromatic carbocycles. The molecule has 1 aliphatic rings. The summed E-state index contributed by atoms with van der Waals surface area (Å²) >= 11 is 12.6. The van der Waals surface area contributed by atoms with Crippen LogP contribution >= 0.6 is 35.6 Å². The molecule has 1 fully saturated rings. The molecule has 0 spiro atoms. The van der Waals surface area contributed by atoms with Crippen molar-refractivity contribution in [2.45, 2.75) is 31.8 Å². The van der Waals surface area contributed by atoms with Gasteiger partial charge in [0.1, 0.15) is 17.5 Å². The number of H-pyrrole nitrogens is 2. The van der Waals surface area contributed by atoms with Crippen molar-refractivity contribution in [1.29, 1.82) is 0 Å². The quantitative estimate of drug-likeness (QED) is 0.226. The number of hydrogen-bond donors (Lipinski definition) is 3. The Kier molecular flexibility index (Phi) is 7.08. The van der Waals surface area contributed by atoms with Gasteiger partial charge in [0.2, 0.25) is 0 Å². The Hall–Kier alpha value is -2.84. The van der Waals surface area contributed by atoms with Crippen molar-refractivity contribution in [1.82, 2.24) is 30.5 Å². The van der Waals surface area contributed by atoms with E-state index in [1.54, 1.807) is 12.4 Å². The van der Waals surface area contributed by atoms with E-state index in [1.807, 2.05) is 25.1 Å². The SMILES string of the molecule is CC(Oc1ccc2[nH]nc(-c3nc4ccc(C5CCNCC5)cc4[nH]3)c2c1)c1c(Cl)cncc1Cl.Cl. The molecule has 1 atom stereocenters. The number of piperidine rings is 1. The number of aromatic amines is 2. The van der Waals surface area contributed by atoms with Gasteiger partial charge in [-0.05, 0) is 74.7 Å². The second kappa shape index (κ2) is 10.3. The van der Waals surface area contributed by atoms with E-state index in [1.165, 1.54) is 5.56 Å². The number of fused-ring (bicyclic) bond motifs is 2. The number of benzene rings is 2. The van der Waals surface area contributed by atoms with Crippen LogP contribution in [0.5, 0.6) is 5.75 Å². The van der Waals surface area contributed by atoms with Crippen LogP contribution in [0.15, 0.2) is 48.8 Å². The van der Waals surface area contributed by atoms with Crippen molar-refractivity contribution in [3.8, 4) is 17.3 Å². The Morgan fingerprint density at radius 1 is 1.00 bits per heavy atom. The summed E-state index contributed by atoms with van der Waals surface area (Å²) < 4.78 is 6.20. The van der Waals surface area contributed by atoms with Crippen LogP contribution in [0.2, 0.25) is 10.0 Å². The first-order valence-electron chi connectivity index (χ1n) is 11.7. The molecule has 0 radical (unpaired) electrons. The van der Waals surface area contributed by atoms with Gasteiger partial charge < -0.3 is 15.0 Å². The number of pyridine rings is 1. The lowest BCUT2D eigenvalue weighted by atomic mass is 9.90. The molecule has 186 valence electrons. The van der Waals surface area contributed by atoms with Crippen LogP contribution in [0.1, 0.15) is 42.9 Å². The van der Waals surface area contributed by atoms with Gasteiger partial charge in [-0.25, -0.2) is 4.98 Å². The molecular formula is C26H25Cl3N6O. The fourth-order valence-electron chi connectivity index (χ4n) is 4.87. The van der Waals surface area contributed by atoms with E-state index < -0.39 is 0 Å². The molecule has 1 saturated heterocycles. The van der Waals surface area contributed by atoms with E-state index in [-0.39, 0.29) is 18.5 Å². The summed E-state index contributed by atoms with van der Waals surface area (Å²) in [5.41, 5.74) is 5.66. The summed E-state index contributed by atoms with van der Waals surface area (Å²) in [7, 11) is 0. The molecule has 0 bridgehead atoms. The van der Waals surface area contributed by atoms with Gasteiger partial charge in [-0.3, -0.25) is 10.1 Å². The molecule has 3 aromatic heterocycles. The average molecular weight is 544 g/mol. The highest BCUT2D eigenvalue weighted by Crippen LogP contribution is 2.35. The largest absolute Gasteiger partial charge is 0.486 e. The maximum Gasteiger partial charge on any atom is 0.159 e. The summed E-state index contributed by atoms with van der Waals surface area (Å²) in [6.07, 6.45) is 5.10. The lowest BCUT2D eigenvalue weighted by molar-refractivity contribution is 0.227. The van der Waals surface area contributed by atoms with Crippen LogP contribution in [-0.2, 0) is 0 Å². The summed E-state index contributed by atoms with van der Waals surface area (Å²) in [6.45, 7) is 4.05. The van der Waals surface area contributed by atoms with Crippen molar-refractivity contribution in [2.75, 3.05) is 13.1 Å². The average Bonchev–Trinajstić information content (AvgIpc) is 3.47. The van der Waals surface area contributed by atoms with E-state index in [9.17, 15) is 0 Å². The molecule has 3 N–H and O–H groups in total. The van der Waals surface area contributed by atoms with Gasteiger partial charge in [0.15, 0.2) is 5.82 Å². The predicted molar refractivity (Wildman–Crippen MR) is 147 cm³/mol. The molecule has 4 heterocycles. The Balaban J connectivity index is 0.00000267. The first-order chi connectivity index (χ1) is 17.1. The predicted octanol–water partition coefficient (Wildman–Crippen LogP) is 6.84. The van der Waals surface area contributed by atoms with E-state index in [0.29, 0.717) is 27.3 Å². The maximum absolute atomic E-state index is 6.32. The monoisotopic (exact) mass is 542 g/mol. The maximum atomic E-state index is 6.32. The molecule has 0 amide bonds. The minimum atomic E-state index is -0.356. The number of hydrogen-bond acceptors (Lipinski definition) is 5. The lowest BCUT2D eigenvalue weighted by Crippen LogP contribution is -2.26. The zero-order valence-corrected chi connectivity index (χ0v) is 21.8. The molecule has 10 heteroatoms. The van der Waals surface area contributed by atoms with Crippen molar-refractivity contribution in [2.24, 2.45) is 0 Å². The first-order valence-corrected chi connectivity index (χ1v) is 12.5. The third-order valence-electron chi connectivity index (χ3n) is 6.68. The number of nitrogens with one attached hydrogen (secondary N) is 3. The second-order valence-corrected chi connectivity index (χ2v) is 9.76. The van der Waals surface area contributed by atoms with E-state index in [4.69, 9.17) is 32.9 Å². The number of rotatable bonds is 5. The molecular weight excluding hydrogens is 519 g/mol. The van der Waals surface area contributed by atoms with E-state index in [2.05, 4.69) is 43.7 Å². The number of nitrogens with zero attached hydrogens (tertiary/aromatic N) is 3. The van der Waals surface area contributed by atoms with Gasteiger partial charge in [-0.2, -0.15) is 5.10 Å². The van der Waals surface area contributed by atoms with Gasteiger partial charge in [0.05, 0.1) is 26.6 Å². The normalized spacial score (nSPS) is 15.2. The third kappa shape index (κ3) is 4.64. The Labute approximate surface area is 224 Å². The fraction of sp³-hybridized carbons (Fsp3) is 0.269. The minimum Gasteiger partial charge on any atom is -0.486 e. The second-order valence-electron chi connectivity index (χ2n) is 8.94. The molecule has 7 nitrogen and oxygen atoms in total. The van der Waals surface area contributed by atoms with Crippen LogP contribution < -0.4 is 10.1 Å². The topological polar surface area (TPSA) is 91.5 Å². The molecule has 1 aliphatic heterocycles. The van der Waals surface area contributed by atoms with Gasteiger partial charge in [0.25, 0.3) is 0 Å². The van der Waals surface area contributed by atoms with Gasteiger partial charge in [-0.1, -0.05) is 29.3 Å². The molecule has 0 aliphatic carbocycles. The van der Waals surface area contributed by atoms with Crippen molar-refractivity contribution < 1.29 is 4.74 Å². The van der Waals surface area contributed by atoms with Crippen LogP contribution in [-0.4, -0.2) is 38.2 Å². The number of ether oxygens (including phenoxy) is 1. The van der Waals surface area contributed by atoms with Crippen LogP contribution in [0.25, 0.3) is 33.5 Å². The number of halogens is 3. The first kappa shape index (κ1) is 24.8. The standard InChI is InChI=1S/C26H24Cl2N6O.ClH/c1-14(24-19(27)12-30-13-20(24)28)35-17-3-5-21-18(11-17)25(34-33-21)26-31-22-4-2-16(10-23(22)32-26)15-6-8-29-9-7-15;/h2-5,10-15,29H,6-9H2,1H3,(H,31,32)(H,33,34);1H. The van der Waals surface area contributed by atoms with E-state index in [0.717, 1.165) is 59.4 Å². The van der Waals surface area contributed by atoms with Gasteiger partial charge in [0, 0.05) is 23.3 Å². The Bertz CT molecular complexity index is 1500. The van der Waals surface area contributed by atoms with Gasteiger partial charge in [-0.15, -0.1) is 12.4 Å². The zero-order valence-electron chi connectivity index (χ0n) is 19.5. The molecule has 1 unspecified atom stereocenters. The number of aromatic nitrogens is 5. The van der Waals surface area contributed by atoms with Crippen molar-refractivity contribution in [3.05, 3.63) is 70.0 Å².